The van der Waals surface area contributed by atoms with Gasteiger partial charge in [-0.3, -0.25) is 9.59 Å². The minimum absolute atomic E-state index is 0.0246. The van der Waals surface area contributed by atoms with Gasteiger partial charge in [-0.15, -0.1) is 0 Å². The van der Waals surface area contributed by atoms with Crippen LogP contribution in [0.4, 0.5) is 15.8 Å². The van der Waals surface area contributed by atoms with Gasteiger partial charge in [-0.2, -0.15) is 0 Å². The number of anilines is 2. The largest absolute Gasteiger partial charge is 0.493 e. The SMILES string of the molecule is COc1cc(NC(=O)Cc2cccc(NC(=O)c3c(C)noc3-c3cc(F)ccc3Cl)c2)cc(OC)c1OC. The van der Waals surface area contributed by atoms with Crippen molar-refractivity contribution in [3.63, 3.8) is 0 Å². The molecule has 0 atom stereocenters. The summed E-state index contributed by atoms with van der Waals surface area (Å²) in [5.74, 6) is -0.0941. The second-order valence-electron chi connectivity index (χ2n) is 8.39. The van der Waals surface area contributed by atoms with Crippen molar-refractivity contribution in [2.24, 2.45) is 0 Å². The molecular weight excluding hydrogens is 529 g/mol. The third kappa shape index (κ3) is 6.12. The van der Waals surface area contributed by atoms with E-state index in [2.05, 4.69) is 15.8 Å². The smallest absolute Gasteiger partial charge is 0.261 e. The second kappa shape index (κ2) is 11.9. The van der Waals surface area contributed by atoms with E-state index in [1.807, 2.05) is 0 Å². The number of nitrogens with zero attached hydrogens (tertiary/aromatic N) is 1. The first-order valence-corrected chi connectivity index (χ1v) is 12.0. The number of nitrogens with one attached hydrogen (secondary N) is 2. The van der Waals surface area contributed by atoms with Crippen molar-refractivity contribution in [1.29, 1.82) is 0 Å². The van der Waals surface area contributed by atoms with Crippen molar-refractivity contribution in [3.05, 3.63) is 82.3 Å². The molecule has 0 unspecified atom stereocenters. The van der Waals surface area contributed by atoms with Crippen molar-refractivity contribution in [2.45, 2.75) is 13.3 Å². The van der Waals surface area contributed by atoms with E-state index in [1.165, 1.54) is 39.5 Å². The van der Waals surface area contributed by atoms with Crippen LogP contribution in [0.15, 0.2) is 59.1 Å². The predicted octanol–water partition coefficient (Wildman–Crippen LogP) is 5.90. The fourth-order valence-corrected chi connectivity index (χ4v) is 4.19. The highest BCUT2D eigenvalue weighted by molar-refractivity contribution is 6.33. The number of methoxy groups -OCH3 is 3. The Labute approximate surface area is 228 Å². The molecule has 1 aromatic heterocycles. The first kappa shape index (κ1) is 27.5. The average molecular weight is 554 g/mol. The van der Waals surface area contributed by atoms with E-state index in [0.29, 0.717) is 39.9 Å². The molecule has 0 aliphatic carbocycles. The third-order valence-electron chi connectivity index (χ3n) is 5.76. The van der Waals surface area contributed by atoms with Gasteiger partial charge in [0.1, 0.15) is 11.4 Å². The van der Waals surface area contributed by atoms with E-state index in [4.69, 9.17) is 30.3 Å². The standard InChI is InChI=1S/C28H25ClFN3O6/c1-15-25(26(39-33-15)20-12-17(30)8-9-21(20)29)28(35)32-18-7-5-6-16(10-18)11-24(34)31-19-13-22(36-2)27(38-4)23(14-19)37-3/h5-10,12-14H,11H2,1-4H3,(H,31,34)(H,32,35). The Hall–Kier alpha value is -4.57. The van der Waals surface area contributed by atoms with Crippen molar-refractivity contribution in [2.75, 3.05) is 32.0 Å². The van der Waals surface area contributed by atoms with Crippen LogP contribution in [0.25, 0.3) is 11.3 Å². The van der Waals surface area contributed by atoms with Crippen LogP contribution in [-0.2, 0) is 11.2 Å². The fourth-order valence-electron chi connectivity index (χ4n) is 3.99. The van der Waals surface area contributed by atoms with Crippen LogP contribution in [0.3, 0.4) is 0 Å². The number of halogens is 2. The van der Waals surface area contributed by atoms with Gasteiger partial charge in [0.05, 0.1) is 38.5 Å². The average Bonchev–Trinajstić information content (AvgIpc) is 3.30. The molecule has 1 heterocycles. The lowest BCUT2D eigenvalue weighted by molar-refractivity contribution is -0.115. The van der Waals surface area contributed by atoms with Crippen LogP contribution in [-0.4, -0.2) is 38.3 Å². The molecule has 0 bridgehead atoms. The predicted molar refractivity (Wildman–Crippen MR) is 144 cm³/mol. The Bertz CT molecular complexity index is 1510. The molecule has 2 amide bonds. The monoisotopic (exact) mass is 553 g/mol. The number of carbonyl (C=O) groups is 2. The molecule has 0 radical (unpaired) electrons. The van der Waals surface area contributed by atoms with Crippen molar-refractivity contribution < 1.29 is 32.7 Å². The molecule has 4 rings (SSSR count). The molecule has 2 N–H and O–H groups in total. The molecular formula is C28H25ClFN3O6. The van der Waals surface area contributed by atoms with Crippen LogP contribution < -0.4 is 24.8 Å². The molecule has 9 nitrogen and oxygen atoms in total. The minimum atomic E-state index is -0.535. The summed E-state index contributed by atoms with van der Waals surface area (Å²) in [7, 11) is 4.46. The maximum atomic E-state index is 13.8. The van der Waals surface area contributed by atoms with Crippen molar-refractivity contribution in [3.8, 4) is 28.6 Å². The number of hydrogen-bond acceptors (Lipinski definition) is 7. The number of rotatable bonds is 9. The quantitative estimate of drug-likeness (QED) is 0.265. The summed E-state index contributed by atoms with van der Waals surface area (Å²) in [6.07, 6.45) is 0.0246. The van der Waals surface area contributed by atoms with E-state index >= 15 is 0 Å². The van der Waals surface area contributed by atoms with Gasteiger partial charge in [0, 0.05) is 29.1 Å². The van der Waals surface area contributed by atoms with Crippen molar-refractivity contribution in [1.82, 2.24) is 5.16 Å². The molecule has 202 valence electrons. The Morgan fingerprint density at radius 2 is 1.67 bits per heavy atom. The Morgan fingerprint density at radius 3 is 2.33 bits per heavy atom. The van der Waals surface area contributed by atoms with Gasteiger partial charge < -0.3 is 29.4 Å². The Kier molecular flexibility index (Phi) is 8.36. The lowest BCUT2D eigenvalue weighted by Crippen LogP contribution is -2.16. The summed E-state index contributed by atoms with van der Waals surface area (Å²) in [6, 6.07) is 13.8. The molecule has 0 fully saturated rings. The number of hydrogen-bond donors (Lipinski definition) is 2. The maximum Gasteiger partial charge on any atom is 0.261 e. The van der Waals surface area contributed by atoms with Gasteiger partial charge in [-0.05, 0) is 42.8 Å². The summed E-state index contributed by atoms with van der Waals surface area (Å²) in [6.45, 7) is 1.60. The number of ether oxygens (including phenoxy) is 3. The normalized spacial score (nSPS) is 10.6. The molecule has 0 aliphatic rings. The highest BCUT2D eigenvalue weighted by Gasteiger charge is 2.24. The zero-order valence-electron chi connectivity index (χ0n) is 21.6. The van der Waals surface area contributed by atoms with Gasteiger partial charge >= 0.3 is 0 Å². The third-order valence-corrected chi connectivity index (χ3v) is 6.09. The van der Waals surface area contributed by atoms with Gasteiger partial charge in [0.2, 0.25) is 11.7 Å². The highest BCUT2D eigenvalue weighted by atomic mass is 35.5. The van der Waals surface area contributed by atoms with Gasteiger partial charge in [-0.1, -0.05) is 28.9 Å². The first-order valence-electron chi connectivity index (χ1n) is 11.7. The number of carbonyl (C=O) groups excluding carboxylic acids is 2. The zero-order chi connectivity index (χ0) is 28.1. The number of amides is 2. The lowest BCUT2D eigenvalue weighted by Gasteiger charge is -2.14. The van der Waals surface area contributed by atoms with Crippen LogP contribution in [0, 0.1) is 12.7 Å². The minimum Gasteiger partial charge on any atom is -0.493 e. The molecule has 0 saturated carbocycles. The van der Waals surface area contributed by atoms with E-state index in [9.17, 15) is 14.0 Å². The molecule has 3 aromatic carbocycles. The Balaban J connectivity index is 1.50. The topological polar surface area (TPSA) is 112 Å². The van der Waals surface area contributed by atoms with Crippen LogP contribution in [0.2, 0.25) is 5.02 Å². The molecule has 11 heteroatoms. The van der Waals surface area contributed by atoms with Gasteiger partial charge in [0.15, 0.2) is 17.3 Å². The fraction of sp³-hybridized carbons (Fsp3) is 0.179. The maximum absolute atomic E-state index is 13.8. The number of benzene rings is 3. The van der Waals surface area contributed by atoms with Gasteiger partial charge in [-0.25, -0.2) is 4.39 Å². The second-order valence-corrected chi connectivity index (χ2v) is 8.80. The van der Waals surface area contributed by atoms with E-state index < -0.39 is 11.7 Å². The van der Waals surface area contributed by atoms with Crippen LogP contribution in [0.5, 0.6) is 17.2 Å². The summed E-state index contributed by atoms with van der Waals surface area (Å²) >= 11 is 6.21. The molecule has 4 aromatic rings. The summed E-state index contributed by atoms with van der Waals surface area (Å²) in [5.41, 5.74) is 2.19. The van der Waals surface area contributed by atoms with E-state index in [-0.39, 0.29) is 34.2 Å². The van der Waals surface area contributed by atoms with E-state index in [1.54, 1.807) is 43.3 Å². The van der Waals surface area contributed by atoms with Gasteiger partial charge in [0.25, 0.3) is 5.91 Å². The summed E-state index contributed by atoms with van der Waals surface area (Å²) < 4.78 is 35.1. The number of aryl methyl sites for hydroxylation is 1. The zero-order valence-corrected chi connectivity index (χ0v) is 22.3. The van der Waals surface area contributed by atoms with Crippen LogP contribution in [0.1, 0.15) is 21.6 Å². The van der Waals surface area contributed by atoms with E-state index in [0.717, 1.165) is 0 Å². The Morgan fingerprint density at radius 1 is 0.949 bits per heavy atom. The molecule has 0 aliphatic heterocycles. The first-order chi connectivity index (χ1) is 18.7. The number of aromatic nitrogens is 1. The highest BCUT2D eigenvalue weighted by Crippen LogP contribution is 2.40. The molecule has 0 saturated heterocycles. The lowest BCUT2D eigenvalue weighted by atomic mass is 10.1. The molecule has 39 heavy (non-hydrogen) atoms. The van der Waals surface area contributed by atoms with Crippen molar-refractivity contribution >= 4 is 34.8 Å². The molecule has 0 spiro atoms. The van der Waals surface area contributed by atoms with Crippen LogP contribution >= 0.6 is 11.6 Å². The summed E-state index contributed by atoms with van der Waals surface area (Å²) in [4.78, 5) is 26.0. The summed E-state index contributed by atoms with van der Waals surface area (Å²) in [5, 5.41) is 9.67.